The van der Waals surface area contributed by atoms with Crippen LogP contribution < -0.4 is 4.90 Å². The van der Waals surface area contributed by atoms with Crippen molar-refractivity contribution in [2.75, 3.05) is 11.4 Å². The van der Waals surface area contributed by atoms with E-state index in [-0.39, 0.29) is 6.42 Å². The molecular formula is C14H16ClN3O2S. The molecule has 112 valence electrons. The van der Waals surface area contributed by atoms with Gasteiger partial charge in [-0.15, -0.1) is 10.2 Å². The number of hydrogen-bond acceptors (Lipinski definition) is 5. The van der Waals surface area contributed by atoms with Crippen LogP contribution in [0.1, 0.15) is 23.9 Å². The maximum absolute atomic E-state index is 10.8. The molecule has 2 aromatic rings. The van der Waals surface area contributed by atoms with Crippen molar-refractivity contribution in [2.24, 2.45) is 0 Å². The third-order valence-corrected chi connectivity index (χ3v) is 4.44. The summed E-state index contributed by atoms with van der Waals surface area (Å²) in [7, 11) is 0. The van der Waals surface area contributed by atoms with E-state index in [4.69, 9.17) is 16.7 Å². The molecule has 0 atom stereocenters. The molecule has 0 aliphatic heterocycles. The van der Waals surface area contributed by atoms with Crippen molar-refractivity contribution in [3.05, 3.63) is 39.9 Å². The molecule has 21 heavy (non-hydrogen) atoms. The van der Waals surface area contributed by atoms with E-state index in [0.717, 1.165) is 22.1 Å². The highest BCUT2D eigenvalue weighted by Crippen LogP contribution is 2.25. The molecule has 0 fully saturated rings. The summed E-state index contributed by atoms with van der Waals surface area (Å²) in [5.41, 5.74) is 0.942. The Bertz CT molecular complexity index is 618. The SMILES string of the molecule is CCc1nnc(N(CCC(=O)O)Cc2ccccc2Cl)s1. The average molecular weight is 326 g/mol. The summed E-state index contributed by atoms with van der Waals surface area (Å²) >= 11 is 7.66. The van der Waals surface area contributed by atoms with Crippen molar-refractivity contribution in [3.63, 3.8) is 0 Å². The van der Waals surface area contributed by atoms with Crippen LogP contribution in [0.15, 0.2) is 24.3 Å². The number of hydrogen-bond donors (Lipinski definition) is 1. The largest absolute Gasteiger partial charge is 0.481 e. The van der Waals surface area contributed by atoms with Crippen LogP contribution in [0.5, 0.6) is 0 Å². The molecule has 2 rings (SSSR count). The number of aromatic nitrogens is 2. The fourth-order valence-corrected chi connectivity index (χ4v) is 2.82. The number of carboxylic acid groups (broad SMARTS) is 1. The minimum Gasteiger partial charge on any atom is -0.481 e. The predicted molar refractivity (Wildman–Crippen MR) is 84.0 cm³/mol. The first-order valence-corrected chi connectivity index (χ1v) is 7.82. The summed E-state index contributed by atoms with van der Waals surface area (Å²) in [6.07, 6.45) is 0.863. The topological polar surface area (TPSA) is 66.3 Å². The van der Waals surface area contributed by atoms with Gasteiger partial charge in [0.2, 0.25) is 5.13 Å². The van der Waals surface area contributed by atoms with Crippen molar-refractivity contribution in [1.29, 1.82) is 0 Å². The number of halogens is 1. The summed E-state index contributed by atoms with van der Waals surface area (Å²) in [4.78, 5) is 12.7. The van der Waals surface area contributed by atoms with E-state index >= 15 is 0 Å². The number of aryl methyl sites for hydroxylation is 1. The molecule has 0 bridgehead atoms. The van der Waals surface area contributed by atoms with Crippen LogP contribution in [0.25, 0.3) is 0 Å². The van der Waals surface area contributed by atoms with Crippen LogP contribution >= 0.6 is 22.9 Å². The zero-order valence-electron chi connectivity index (χ0n) is 11.6. The third kappa shape index (κ3) is 4.41. The van der Waals surface area contributed by atoms with Gasteiger partial charge < -0.3 is 10.0 Å². The fraction of sp³-hybridized carbons (Fsp3) is 0.357. The molecule has 0 spiro atoms. The molecule has 1 aromatic heterocycles. The van der Waals surface area contributed by atoms with Gasteiger partial charge in [-0.05, 0) is 18.1 Å². The molecule has 0 radical (unpaired) electrons. The van der Waals surface area contributed by atoms with Gasteiger partial charge in [-0.3, -0.25) is 4.79 Å². The second-order valence-corrected chi connectivity index (χ2v) is 5.94. The molecule has 0 saturated carbocycles. The van der Waals surface area contributed by atoms with Crippen LogP contribution in [0, 0.1) is 0 Å². The van der Waals surface area contributed by atoms with E-state index in [2.05, 4.69) is 10.2 Å². The summed E-state index contributed by atoms with van der Waals surface area (Å²) < 4.78 is 0. The van der Waals surface area contributed by atoms with Gasteiger partial charge in [0.1, 0.15) is 5.01 Å². The van der Waals surface area contributed by atoms with Gasteiger partial charge in [-0.1, -0.05) is 48.1 Å². The van der Waals surface area contributed by atoms with Gasteiger partial charge in [0, 0.05) is 18.1 Å². The normalized spacial score (nSPS) is 10.6. The molecular weight excluding hydrogens is 310 g/mol. The number of nitrogens with zero attached hydrogens (tertiary/aromatic N) is 3. The number of carbonyl (C=O) groups is 1. The zero-order valence-corrected chi connectivity index (χ0v) is 13.2. The maximum Gasteiger partial charge on any atom is 0.305 e. The summed E-state index contributed by atoms with van der Waals surface area (Å²) in [5, 5.41) is 19.5. The number of aliphatic carboxylic acids is 1. The molecule has 0 aliphatic rings. The van der Waals surface area contributed by atoms with E-state index in [1.165, 1.54) is 11.3 Å². The quantitative estimate of drug-likeness (QED) is 0.846. The highest BCUT2D eigenvalue weighted by atomic mass is 35.5. The van der Waals surface area contributed by atoms with Crippen LogP contribution in [-0.2, 0) is 17.8 Å². The molecule has 0 aliphatic carbocycles. The number of rotatable bonds is 7. The summed E-state index contributed by atoms with van der Waals surface area (Å²) in [6, 6.07) is 7.53. The third-order valence-electron chi connectivity index (χ3n) is 2.94. The molecule has 0 unspecified atom stereocenters. The molecule has 1 N–H and O–H groups in total. The molecule has 0 amide bonds. The first kappa shape index (κ1) is 15.7. The Balaban J connectivity index is 2.19. The van der Waals surface area contributed by atoms with E-state index in [9.17, 15) is 4.79 Å². The molecule has 1 heterocycles. The van der Waals surface area contributed by atoms with Crippen molar-refractivity contribution in [1.82, 2.24) is 10.2 Å². The predicted octanol–water partition coefficient (Wildman–Crippen LogP) is 3.24. The van der Waals surface area contributed by atoms with Gasteiger partial charge in [-0.2, -0.15) is 0 Å². The van der Waals surface area contributed by atoms with Gasteiger partial charge in [0.15, 0.2) is 0 Å². The van der Waals surface area contributed by atoms with Gasteiger partial charge in [-0.25, -0.2) is 0 Å². The van der Waals surface area contributed by atoms with Crippen molar-refractivity contribution in [2.45, 2.75) is 26.3 Å². The van der Waals surface area contributed by atoms with E-state index in [1.54, 1.807) is 0 Å². The fourth-order valence-electron chi connectivity index (χ4n) is 1.82. The molecule has 7 heteroatoms. The Morgan fingerprint density at radius 2 is 2.14 bits per heavy atom. The van der Waals surface area contributed by atoms with Gasteiger partial charge in [0.25, 0.3) is 0 Å². The summed E-state index contributed by atoms with van der Waals surface area (Å²) in [5.74, 6) is -0.834. The Hall–Kier alpha value is -1.66. The Morgan fingerprint density at radius 3 is 2.76 bits per heavy atom. The second kappa shape index (κ2) is 7.38. The first-order chi connectivity index (χ1) is 10.1. The molecule has 1 aromatic carbocycles. The first-order valence-electron chi connectivity index (χ1n) is 6.62. The van der Waals surface area contributed by atoms with Crippen LogP contribution in [-0.4, -0.2) is 27.8 Å². The smallest absolute Gasteiger partial charge is 0.305 e. The highest BCUT2D eigenvalue weighted by Gasteiger charge is 2.15. The lowest BCUT2D eigenvalue weighted by Gasteiger charge is -2.21. The zero-order chi connectivity index (χ0) is 15.2. The minimum absolute atomic E-state index is 0.0471. The monoisotopic (exact) mass is 325 g/mol. The number of benzene rings is 1. The lowest BCUT2D eigenvalue weighted by Crippen LogP contribution is -2.25. The second-order valence-electron chi connectivity index (χ2n) is 4.49. The lowest BCUT2D eigenvalue weighted by molar-refractivity contribution is -0.136. The number of carboxylic acids is 1. The average Bonchev–Trinajstić information content (AvgIpc) is 2.94. The Labute approximate surface area is 132 Å². The summed E-state index contributed by atoms with van der Waals surface area (Å²) in [6.45, 7) is 2.91. The molecule has 0 saturated heterocycles. The standard InChI is InChI=1S/C14H16ClN3O2S/c1-2-12-16-17-14(21-12)18(8-7-13(19)20)9-10-5-3-4-6-11(10)15/h3-6H,2,7-9H2,1H3,(H,19,20). The van der Waals surface area contributed by atoms with E-state index in [0.29, 0.717) is 18.1 Å². The van der Waals surface area contributed by atoms with Crippen molar-refractivity contribution in [3.8, 4) is 0 Å². The van der Waals surface area contributed by atoms with E-state index in [1.807, 2.05) is 36.1 Å². The maximum atomic E-state index is 10.8. The van der Waals surface area contributed by atoms with Gasteiger partial charge >= 0.3 is 5.97 Å². The Morgan fingerprint density at radius 1 is 1.38 bits per heavy atom. The minimum atomic E-state index is -0.834. The highest BCUT2D eigenvalue weighted by molar-refractivity contribution is 7.15. The van der Waals surface area contributed by atoms with Crippen LogP contribution in [0.2, 0.25) is 5.02 Å². The Kier molecular flexibility index (Phi) is 5.52. The van der Waals surface area contributed by atoms with Crippen molar-refractivity contribution < 1.29 is 9.90 Å². The lowest BCUT2D eigenvalue weighted by atomic mass is 10.2. The van der Waals surface area contributed by atoms with Crippen LogP contribution in [0.3, 0.4) is 0 Å². The number of anilines is 1. The molecule has 5 nitrogen and oxygen atoms in total. The van der Waals surface area contributed by atoms with Crippen LogP contribution in [0.4, 0.5) is 5.13 Å². The van der Waals surface area contributed by atoms with Crippen molar-refractivity contribution >= 4 is 34.0 Å². The van der Waals surface area contributed by atoms with E-state index < -0.39 is 5.97 Å². The van der Waals surface area contributed by atoms with Gasteiger partial charge in [0.05, 0.1) is 6.42 Å².